The zero-order chi connectivity index (χ0) is 12.6. The SMILES string of the molecule is CC(C)CCCC(=O)CCCC(C)(C)C=O. The number of hydrogen-bond donors (Lipinski definition) is 0. The van der Waals surface area contributed by atoms with Gasteiger partial charge in [-0.15, -0.1) is 0 Å². The molecule has 0 N–H and O–H groups in total. The molecule has 0 rings (SSSR count). The first-order chi connectivity index (χ1) is 7.37. The van der Waals surface area contributed by atoms with Gasteiger partial charge in [0.1, 0.15) is 12.1 Å². The van der Waals surface area contributed by atoms with Gasteiger partial charge in [-0.05, 0) is 25.2 Å². The minimum Gasteiger partial charge on any atom is -0.303 e. The van der Waals surface area contributed by atoms with Crippen LogP contribution >= 0.6 is 0 Å². The summed E-state index contributed by atoms with van der Waals surface area (Å²) in [6, 6.07) is 0. The van der Waals surface area contributed by atoms with Crippen LogP contribution in [0.1, 0.15) is 66.2 Å². The number of carbonyl (C=O) groups excluding carboxylic acids is 2. The molecule has 0 radical (unpaired) electrons. The van der Waals surface area contributed by atoms with E-state index in [0.717, 1.165) is 32.0 Å². The summed E-state index contributed by atoms with van der Waals surface area (Å²) in [5, 5.41) is 0. The van der Waals surface area contributed by atoms with Crippen LogP contribution in [0.15, 0.2) is 0 Å². The van der Waals surface area contributed by atoms with E-state index in [-0.39, 0.29) is 5.41 Å². The Morgan fingerprint density at radius 3 is 2.25 bits per heavy atom. The van der Waals surface area contributed by atoms with Gasteiger partial charge < -0.3 is 4.79 Å². The Hall–Kier alpha value is -0.660. The van der Waals surface area contributed by atoms with Crippen molar-refractivity contribution >= 4 is 12.1 Å². The highest BCUT2D eigenvalue weighted by atomic mass is 16.1. The molecule has 0 aliphatic carbocycles. The van der Waals surface area contributed by atoms with E-state index in [9.17, 15) is 9.59 Å². The lowest BCUT2D eigenvalue weighted by atomic mass is 9.88. The van der Waals surface area contributed by atoms with Crippen molar-refractivity contribution in [2.75, 3.05) is 0 Å². The zero-order valence-corrected chi connectivity index (χ0v) is 11.2. The third-order valence-corrected chi connectivity index (χ3v) is 2.83. The van der Waals surface area contributed by atoms with E-state index in [1.165, 1.54) is 0 Å². The third kappa shape index (κ3) is 8.63. The van der Waals surface area contributed by atoms with E-state index in [1.807, 2.05) is 13.8 Å². The van der Waals surface area contributed by atoms with Crippen molar-refractivity contribution in [3.8, 4) is 0 Å². The summed E-state index contributed by atoms with van der Waals surface area (Å²) in [6.07, 6.45) is 6.11. The topological polar surface area (TPSA) is 34.1 Å². The van der Waals surface area contributed by atoms with Crippen LogP contribution in [0.5, 0.6) is 0 Å². The van der Waals surface area contributed by atoms with Crippen molar-refractivity contribution in [2.24, 2.45) is 11.3 Å². The number of carbonyl (C=O) groups is 2. The molecule has 16 heavy (non-hydrogen) atoms. The lowest BCUT2D eigenvalue weighted by Crippen LogP contribution is -2.13. The number of hydrogen-bond acceptors (Lipinski definition) is 2. The normalized spacial score (nSPS) is 11.8. The summed E-state index contributed by atoms with van der Waals surface area (Å²) in [5.74, 6) is 1.03. The molecule has 0 aromatic rings. The van der Waals surface area contributed by atoms with Crippen molar-refractivity contribution in [2.45, 2.75) is 66.2 Å². The quantitative estimate of drug-likeness (QED) is 0.561. The summed E-state index contributed by atoms with van der Waals surface area (Å²) >= 11 is 0. The monoisotopic (exact) mass is 226 g/mol. The lowest BCUT2D eigenvalue weighted by molar-refractivity contribution is -0.120. The van der Waals surface area contributed by atoms with E-state index < -0.39 is 0 Å². The average molecular weight is 226 g/mol. The first-order valence-corrected chi connectivity index (χ1v) is 6.35. The van der Waals surface area contributed by atoms with Gasteiger partial charge >= 0.3 is 0 Å². The summed E-state index contributed by atoms with van der Waals surface area (Å²) in [4.78, 5) is 22.2. The van der Waals surface area contributed by atoms with Crippen LogP contribution in [0.4, 0.5) is 0 Å². The smallest absolute Gasteiger partial charge is 0.132 e. The van der Waals surface area contributed by atoms with Crippen LogP contribution in [0.3, 0.4) is 0 Å². The number of ketones is 1. The highest BCUT2D eigenvalue weighted by Gasteiger charge is 2.16. The Labute approximate surface area is 99.8 Å². The molecule has 0 atom stereocenters. The molecule has 0 aliphatic rings. The van der Waals surface area contributed by atoms with Gasteiger partial charge in [-0.3, -0.25) is 4.79 Å². The predicted molar refractivity (Wildman–Crippen MR) is 67.4 cm³/mol. The Morgan fingerprint density at radius 1 is 1.19 bits per heavy atom. The molecule has 0 unspecified atom stereocenters. The van der Waals surface area contributed by atoms with E-state index in [0.29, 0.717) is 24.5 Å². The Balaban J connectivity index is 3.55. The number of Topliss-reactive ketones (excluding diaryl/α,β-unsaturated/α-hetero) is 1. The van der Waals surface area contributed by atoms with E-state index in [2.05, 4.69) is 13.8 Å². The van der Waals surface area contributed by atoms with Gasteiger partial charge in [0.2, 0.25) is 0 Å². The second-order valence-electron chi connectivity index (χ2n) is 5.78. The van der Waals surface area contributed by atoms with E-state index >= 15 is 0 Å². The molecule has 2 heteroatoms. The Bertz CT molecular complexity index is 217. The molecular weight excluding hydrogens is 200 g/mol. The maximum atomic E-state index is 11.5. The van der Waals surface area contributed by atoms with Gasteiger partial charge in [-0.1, -0.05) is 34.1 Å². The van der Waals surface area contributed by atoms with Crippen LogP contribution in [0, 0.1) is 11.3 Å². The highest BCUT2D eigenvalue weighted by molar-refractivity contribution is 5.78. The van der Waals surface area contributed by atoms with Crippen molar-refractivity contribution in [3.63, 3.8) is 0 Å². The maximum Gasteiger partial charge on any atom is 0.132 e. The fourth-order valence-corrected chi connectivity index (χ4v) is 1.63. The van der Waals surface area contributed by atoms with Gasteiger partial charge in [-0.2, -0.15) is 0 Å². The minimum absolute atomic E-state index is 0.266. The molecule has 94 valence electrons. The largest absolute Gasteiger partial charge is 0.303 e. The van der Waals surface area contributed by atoms with E-state index in [1.54, 1.807) is 0 Å². The van der Waals surface area contributed by atoms with Crippen LogP contribution < -0.4 is 0 Å². The lowest BCUT2D eigenvalue weighted by Gasteiger charge is -2.15. The Morgan fingerprint density at radius 2 is 1.75 bits per heavy atom. The molecule has 0 aromatic carbocycles. The zero-order valence-electron chi connectivity index (χ0n) is 11.2. The second-order valence-corrected chi connectivity index (χ2v) is 5.78. The van der Waals surface area contributed by atoms with Crippen molar-refractivity contribution in [1.29, 1.82) is 0 Å². The molecule has 0 amide bonds. The third-order valence-electron chi connectivity index (χ3n) is 2.83. The summed E-state index contributed by atoms with van der Waals surface area (Å²) in [7, 11) is 0. The molecule has 2 nitrogen and oxygen atoms in total. The highest BCUT2D eigenvalue weighted by Crippen LogP contribution is 2.20. The molecule has 0 aliphatic heterocycles. The molecular formula is C14H26O2. The van der Waals surface area contributed by atoms with Crippen LogP contribution in [-0.4, -0.2) is 12.1 Å². The second kappa shape index (κ2) is 7.59. The minimum atomic E-state index is -0.266. The van der Waals surface area contributed by atoms with Gasteiger partial charge in [0, 0.05) is 18.3 Å². The van der Waals surface area contributed by atoms with Gasteiger partial charge in [-0.25, -0.2) is 0 Å². The van der Waals surface area contributed by atoms with Gasteiger partial charge in [0.05, 0.1) is 0 Å². The number of rotatable bonds is 9. The predicted octanol–water partition coefficient (Wildman–Crippen LogP) is 3.78. The van der Waals surface area contributed by atoms with E-state index in [4.69, 9.17) is 0 Å². The Kier molecular flexibility index (Phi) is 7.27. The molecule has 0 spiro atoms. The number of aldehydes is 1. The first-order valence-electron chi connectivity index (χ1n) is 6.35. The summed E-state index contributed by atoms with van der Waals surface area (Å²) in [6.45, 7) is 8.20. The first kappa shape index (κ1) is 15.3. The van der Waals surface area contributed by atoms with Crippen molar-refractivity contribution in [1.82, 2.24) is 0 Å². The van der Waals surface area contributed by atoms with Gasteiger partial charge in [0.15, 0.2) is 0 Å². The average Bonchev–Trinajstić information content (AvgIpc) is 2.17. The van der Waals surface area contributed by atoms with Crippen LogP contribution in [0.25, 0.3) is 0 Å². The van der Waals surface area contributed by atoms with Crippen molar-refractivity contribution in [3.05, 3.63) is 0 Å². The molecule has 0 fully saturated rings. The standard InChI is InChI=1S/C14H26O2/c1-12(2)7-5-8-13(16)9-6-10-14(3,4)11-15/h11-12H,5-10H2,1-4H3. The fraction of sp³-hybridized carbons (Fsp3) is 0.857. The summed E-state index contributed by atoms with van der Waals surface area (Å²) < 4.78 is 0. The van der Waals surface area contributed by atoms with Crippen molar-refractivity contribution < 1.29 is 9.59 Å². The van der Waals surface area contributed by atoms with Crippen LogP contribution in [0.2, 0.25) is 0 Å². The fourth-order valence-electron chi connectivity index (χ4n) is 1.63. The maximum absolute atomic E-state index is 11.5. The molecule has 0 bridgehead atoms. The van der Waals surface area contributed by atoms with Gasteiger partial charge in [0.25, 0.3) is 0 Å². The molecule has 0 heterocycles. The molecule has 0 saturated carbocycles. The summed E-state index contributed by atoms with van der Waals surface area (Å²) in [5.41, 5.74) is -0.266. The molecule has 0 saturated heterocycles. The molecule has 0 aromatic heterocycles. The van der Waals surface area contributed by atoms with Crippen LogP contribution in [-0.2, 0) is 9.59 Å².